The van der Waals surface area contributed by atoms with E-state index in [1.807, 2.05) is 125 Å². The van der Waals surface area contributed by atoms with E-state index in [0.29, 0.717) is 22.6 Å². The van der Waals surface area contributed by atoms with Crippen molar-refractivity contribution in [1.29, 1.82) is 0 Å². The fraction of sp³-hybridized carbons (Fsp3) is 0.182. The lowest BCUT2D eigenvalue weighted by Crippen LogP contribution is -2.09. The summed E-state index contributed by atoms with van der Waals surface area (Å²) in [4.78, 5) is 2.05. The number of sulfone groups is 2. The summed E-state index contributed by atoms with van der Waals surface area (Å²) in [6.45, 7) is 7.82. The second-order valence-corrected chi connectivity index (χ2v) is 19.4. The van der Waals surface area contributed by atoms with E-state index in [2.05, 4.69) is 0 Å². The largest absolute Gasteiger partial charge is 0.497 e. The zero-order valence-corrected chi connectivity index (χ0v) is 34.3. The molecule has 0 N–H and O–H groups in total. The summed E-state index contributed by atoms with van der Waals surface area (Å²) in [7, 11) is -1.42. The van der Waals surface area contributed by atoms with Gasteiger partial charge in [0.25, 0.3) is 0 Å². The van der Waals surface area contributed by atoms with Crippen molar-refractivity contribution in [3.8, 4) is 33.8 Å². The molecule has 0 amide bonds. The molecule has 6 rings (SSSR count). The highest BCUT2D eigenvalue weighted by molar-refractivity contribution is 8.76. The molecule has 0 heterocycles. The summed E-state index contributed by atoms with van der Waals surface area (Å²) < 4.78 is 67.1. The second kappa shape index (κ2) is 16.5. The quantitative estimate of drug-likeness (QED) is 0.107. The van der Waals surface area contributed by atoms with Crippen molar-refractivity contribution in [3.63, 3.8) is 0 Å². The van der Waals surface area contributed by atoms with E-state index in [0.717, 1.165) is 54.3 Å². The van der Waals surface area contributed by atoms with Gasteiger partial charge in [0, 0.05) is 9.79 Å². The van der Waals surface area contributed by atoms with Crippen LogP contribution in [0.4, 0.5) is 0 Å². The number of methoxy groups -OCH3 is 2. The third-order valence-corrected chi connectivity index (χ3v) is 15.2. The first-order valence-electron chi connectivity index (χ1n) is 17.3. The van der Waals surface area contributed by atoms with Gasteiger partial charge in [0.2, 0.25) is 0 Å². The number of aryl methyl sites for hydroxylation is 4. The smallest absolute Gasteiger partial charge is 0.182 e. The van der Waals surface area contributed by atoms with Crippen LogP contribution in [0, 0.1) is 27.7 Å². The molecule has 0 aromatic heterocycles. The lowest BCUT2D eigenvalue weighted by Gasteiger charge is -2.20. The van der Waals surface area contributed by atoms with Crippen molar-refractivity contribution >= 4 is 41.3 Å². The second-order valence-electron chi connectivity index (χ2n) is 13.2. The molecule has 0 bridgehead atoms. The van der Waals surface area contributed by atoms with Crippen molar-refractivity contribution in [2.75, 3.05) is 14.2 Å². The lowest BCUT2D eigenvalue weighted by atomic mass is 9.95. The highest BCUT2D eigenvalue weighted by Crippen LogP contribution is 2.47. The molecule has 0 atom stereocenters. The number of benzene rings is 6. The molecule has 278 valence electrons. The summed E-state index contributed by atoms with van der Waals surface area (Å²) in [6.07, 6.45) is 0. The minimum absolute atomic E-state index is 0.221. The topological polar surface area (TPSA) is 86.7 Å². The maximum absolute atomic E-state index is 14.1. The number of hydrogen-bond donors (Lipinski definition) is 0. The van der Waals surface area contributed by atoms with Crippen LogP contribution in [0.25, 0.3) is 22.3 Å². The number of ether oxygens (including phenoxy) is 2. The van der Waals surface area contributed by atoms with Crippen LogP contribution < -0.4 is 9.47 Å². The third-order valence-electron chi connectivity index (χ3n) is 9.36. The molecule has 0 saturated carbocycles. The minimum Gasteiger partial charge on any atom is -0.497 e. The fourth-order valence-corrected chi connectivity index (χ4v) is 11.8. The molecule has 0 aliphatic heterocycles. The van der Waals surface area contributed by atoms with Crippen molar-refractivity contribution in [1.82, 2.24) is 0 Å². The van der Waals surface area contributed by atoms with E-state index in [1.54, 1.807) is 38.5 Å². The van der Waals surface area contributed by atoms with Crippen LogP contribution in [-0.2, 0) is 31.2 Å². The van der Waals surface area contributed by atoms with Crippen LogP contribution in [0.2, 0.25) is 0 Å². The Morgan fingerprint density at radius 2 is 0.778 bits per heavy atom. The molecule has 0 radical (unpaired) electrons. The predicted molar refractivity (Wildman–Crippen MR) is 222 cm³/mol. The molecule has 0 spiro atoms. The maximum Gasteiger partial charge on any atom is 0.182 e. The van der Waals surface area contributed by atoms with Gasteiger partial charge in [-0.25, -0.2) is 16.8 Å². The van der Waals surface area contributed by atoms with E-state index >= 15 is 0 Å². The fourth-order valence-electron chi connectivity index (χ4n) is 6.38. The Kier molecular flexibility index (Phi) is 12.0. The Balaban J connectivity index is 1.47. The van der Waals surface area contributed by atoms with Crippen molar-refractivity contribution in [2.45, 2.75) is 58.8 Å². The van der Waals surface area contributed by atoms with E-state index in [4.69, 9.17) is 9.47 Å². The van der Waals surface area contributed by atoms with Gasteiger partial charge < -0.3 is 9.47 Å². The number of hydrogen-bond acceptors (Lipinski definition) is 8. The summed E-state index contributed by atoms with van der Waals surface area (Å²) in [5, 5.41) is 0. The molecule has 6 aromatic carbocycles. The monoisotopic (exact) mass is 794 g/mol. The first-order valence-corrected chi connectivity index (χ1v) is 22.7. The average molecular weight is 795 g/mol. The van der Waals surface area contributed by atoms with Gasteiger partial charge in [0.15, 0.2) is 19.7 Å². The van der Waals surface area contributed by atoms with Crippen molar-refractivity contribution < 1.29 is 26.3 Å². The summed E-state index contributed by atoms with van der Waals surface area (Å²) in [6, 6.07) is 37.0. The standard InChI is InChI=1S/C44H42O6S4/c1-29-7-21-37(22-8-29)53(45,46)27-39-41(25-11-31(3)43(39)33-13-17-35(49-5)18-14-33)51-52-42-26-12-32(4)44(34-15-19-36(50-6)20-16-34)40(42)28-54(47,48)38-23-9-30(2)10-24-38/h7-26H,27-28H2,1-6H3. The predicted octanol–water partition coefficient (Wildman–Crippen LogP) is 11.0. The first kappa shape index (κ1) is 39.2. The highest BCUT2D eigenvalue weighted by Gasteiger charge is 2.25. The van der Waals surface area contributed by atoms with Gasteiger partial charge in [0.1, 0.15) is 11.5 Å². The molecular formula is C44H42O6S4. The molecule has 0 aliphatic rings. The van der Waals surface area contributed by atoms with E-state index in [-0.39, 0.29) is 21.3 Å². The SMILES string of the molecule is COc1ccc(-c2c(C)ccc(SSc3ccc(C)c(-c4ccc(OC)cc4)c3CS(=O)(=O)c3ccc(C)cc3)c2CS(=O)(=O)c2ccc(C)cc2)cc1. The van der Waals surface area contributed by atoms with E-state index in [9.17, 15) is 16.8 Å². The Hall–Kier alpha value is -4.48. The molecule has 54 heavy (non-hydrogen) atoms. The summed E-state index contributed by atoms with van der Waals surface area (Å²) in [5.74, 6) is 0.960. The van der Waals surface area contributed by atoms with Crippen molar-refractivity contribution in [2.24, 2.45) is 0 Å². The average Bonchev–Trinajstić information content (AvgIpc) is 3.16. The minimum atomic E-state index is -3.75. The zero-order chi connectivity index (χ0) is 38.6. The van der Waals surface area contributed by atoms with Gasteiger partial charge >= 0.3 is 0 Å². The van der Waals surface area contributed by atoms with Crippen LogP contribution in [0.1, 0.15) is 33.4 Å². The highest BCUT2D eigenvalue weighted by atomic mass is 33.1. The molecule has 0 saturated heterocycles. The Morgan fingerprint density at radius 3 is 1.09 bits per heavy atom. The first-order chi connectivity index (χ1) is 25.8. The van der Waals surface area contributed by atoms with Gasteiger partial charge in [-0.3, -0.25) is 0 Å². The number of rotatable bonds is 13. The molecule has 6 nitrogen and oxygen atoms in total. The molecule has 10 heteroatoms. The van der Waals surface area contributed by atoms with Gasteiger partial charge in [-0.1, -0.05) is 93.4 Å². The van der Waals surface area contributed by atoms with Crippen molar-refractivity contribution in [3.05, 3.63) is 155 Å². The van der Waals surface area contributed by atoms with Gasteiger partial charge in [-0.2, -0.15) is 0 Å². The van der Waals surface area contributed by atoms with Crippen LogP contribution in [0.5, 0.6) is 11.5 Å². The Morgan fingerprint density at radius 1 is 0.444 bits per heavy atom. The van der Waals surface area contributed by atoms with E-state index in [1.165, 1.54) is 21.6 Å². The Bertz CT molecular complexity index is 2310. The molecule has 6 aromatic rings. The van der Waals surface area contributed by atoms with E-state index < -0.39 is 19.7 Å². The molecule has 0 unspecified atom stereocenters. The summed E-state index contributed by atoms with van der Waals surface area (Å²) >= 11 is 0. The van der Waals surface area contributed by atoms with Gasteiger partial charge in [-0.15, -0.1) is 0 Å². The third kappa shape index (κ3) is 8.73. The van der Waals surface area contributed by atoms with Gasteiger partial charge in [-0.05, 0) is 133 Å². The Labute approximate surface area is 327 Å². The summed E-state index contributed by atoms with van der Waals surface area (Å²) in [5.41, 5.74) is 8.59. The van der Waals surface area contributed by atoms with Crippen LogP contribution in [0.3, 0.4) is 0 Å². The van der Waals surface area contributed by atoms with Gasteiger partial charge in [0.05, 0.1) is 35.5 Å². The van der Waals surface area contributed by atoms with Crippen LogP contribution >= 0.6 is 21.6 Å². The molecule has 0 aliphatic carbocycles. The zero-order valence-electron chi connectivity index (χ0n) is 31.0. The normalized spacial score (nSPS) is 11.7. The molecule has 0 fully saturated rings. The van der Waals surface area contributed by atoms with Crippen LogP contribution in [-0.4, -0.2) is 31.1 Å². The maximum atomic E-state index is 14.1. The molecular weight excluding hydrogens is 753 g/mol. The van der Waals surface area contributed by atoms with Crippen LogP contribution in [0.15, 0.2) is 141 Å². The lowest BCUT2D eigenvalue weighted by molar-refractivity contribution is 0.415.